The predicted molar refractivity (Wildman–Crippen MR) is 502 cm³/mol. The quantitative estimate of drug-likeness (QED) is 0.0423. The van der Waals surface area contributed by atoms with Crippen LogP contribution in [0.1, 0.15) is 283 Å². The summed E-state index contributed by atoms with van der Waals surface area (Å²) in [5.41, 5.74) is 6.42. The molecule has 6 aromatic rings. The minimum absolute atomic E-state index is 0.0154. The lowest BCUT2D eigenvalue weighted by molar-refractivity contribution is 0.0406. The minimum Gasteiger partial charge on any atom is -0.443 e. The van der Waals surface area contributed by atoms with Crippen LogP contribution in [0, 0.1) is 72.8 Å². The molecule has 0 aromatic carbocycles. The third kappa shape index (κ3) is 31.1. The molecule has 31 heteroatoms. The van der Waals surface area contributed by atoms with Crippen molar-refractivity contribution in [2.24, 2.45) is 0 Å². The van der Waals surface area contributed by atoms with E-state index < -0.39 is 103 Å². The van der Waals surface area contributed by atoms with E-state index in [-0.39, 0.29) is 34.5 Å². The molecule has 0 bridgehead atoms. The monoisotopic (exact) mass is 1910 g/mol. The summed E-state index contributed by atoms with van der Waals surface area (Å²) in [6, 6.07) is 17.5. The first-order valence-electron chi connectivity index (χ1n) is 40.9. The summed E-state index contributed by atoms with van der Waals surface area (Å²) in [4.78, 5) is 121. The molecule has 27 nitrogen and oxygen atoms in total. The largest absolute Gasteiger partial charge is 0.443 e. The molecule has 0 aliphatic rings. The number of carbonyl (C=O) groups is 6. The molecule has 0 fully saturated rings. The topological polar surface area (TPSA) is 355 Å². The minimum atomic E-state index is -2.26. The smallest absolute Gasteiger partial charge is 0.425 e. The standard InChI is InChI=1S/C34H49N5O4Si.C25H40BrN3O4Si.C25H29N5O4.C9H9IN2/c1-22(2)44(23(3)4,24(5)6)18-16-26-29(39(30(40)42-32(7,8)9)31(41)43-33(10,11)12)37-20-27(38-26)25-15-17-36-28(19-25)34(13,14)21-35;1-16(2)34(17(3)4,18(5)6)14-13-19-21(27-15-20(26)28-19)29(22(30)32-24(7,8)9)23(31)33-25(10,11)12;1-10-17-20(30(21(31)33-23(2,3)4)22(32)34-24(5,6)7)28-14-18(29-17)16-11-12-27-19(13-16)25(8,9)15-26;1-9(2,6-11)8-5-7(10)3-4-12-8/h15,17,19-20,22-24H,1-14H3;15-18H,1-12H3;1,11-14H,2-9H3;3-5H,1-2H3. The van der Waals surface area contributed by atoms with Crippen molar-refractivity contribution in [1.82, 2.24) is 44.9 Å². The van der Waals surface area contributed by atoms with Gasteiger partial charge in [0.25, 0.3) is 0 Å². The number of hydrogen-bond acceptors (Lipinski definition) is 24. The first-order valence-corrected chi connectivity index (χ1v) is 47.2. The maximum absolute atomic E-state index is 13.6. The van der Waals surface area contributed by atoms with Crippen molar-refractivity contribution in [2.75, 3.05) is 14.7 Å². The van der Waals surface area contributed by atoms with Crippen LogP contribution in [-0.4, -0.2) is 131 Å². The number of rotatable bonds is 14. The molecule has 6 heterocycles. The molecule has 0 radical (unpaired) electrons. The number of pyridine rings is 3. The van der Waals surface area contributed by atoms with Gasteiger partial charge in [0.15, 0.2) is 34.5 Å². The van der Waals surface area contributed by atoms with Crippen LogP contribution in [0.2, 0.25) is 33.2 Å². The molecule has 0 aliphatic carbocycles. The highest BCUT2D eigenvalue weighted by Gasteiger charge is 2.45. The SMILES string of the molecule is C#Cc1nc(-c2ccnc(C(C)(C)C#N)c2)cnc1N(C(=O)OC(C)(C)C)C(=O)OC(C)(C)C.CC(C)(C#N)c1cc(I)ccn1.CC(C)[Si](C#Cc1nc(-c2ccnc(C(C)(C)C#N)c2)cnc1N(C(=O)OC(C)(C)C)C(=O)OC(C)(C)C)(C(C)C)C(C)C.CC(C)[Si](C#Cc1nc(Br)cnc1N(C(=O)OC(C)(C)C)C(=O)OC(C)(C)C)(C(C)C)C(C)C. The van der Waals surface area contributed by atoms with Crippen molar-refractivity contribution in [3.8, 4) is 76.0 Å². The number of imide groups is 3. The Kier molecular flexibility index (Phi) is 37.5. The number of nitrogens with zero attached hydrogens (tertiary/aromatic N) is 15. The van der Waals surface area contributed by atoms with Crippen LogP contribution in [0.5, 0.6) is 0 Å². The number of ether oxygens (including phenoxy) is 6. The first-order chi connectivity index (χ1) is 56.5. The Labute approximate surface area is 760 Å². The maximum Gasteiger partial charge on any atom is 0.425 e. The number of carbonyl (C=O) groups excluding carboxylic acids is 6. The summed E-state index contributed by atoms with van der Waals surface area (Å²) in [5, 5.41) is 27.9. The molecule has 0 spiro atoms. The van der Waals surface area contributed by atoms with Crippen molar-refractivity contribution in [1.29, 1.82) is 15.8 Å². The van der Waals surface area contributed by atoms with Crippen LogP contribution < -0.4 is 14.7 Å². The number of anilines is 3. The van der Waals surface area contributed by atoms with Crippen LogP contribution >= 0.6 is 38.5 Å². The second kappa shape index (κ2) is 43.1. The lowest BCUT2D eigenvalue weighted by Gasteiger charge is -2.38. The van der Waals surface area contributed by atoms with E-state index in [0.717, 1.165) is 19.1 Å². The van der Waals surface area contributed by atoms with Gasteiger partial charge in [-0.25, -0.2) is 58.7 Å². The van der Waals surface area contributed by atoms with Gasteiger partial charge in [-0.05, 0) is 286 Å². The number of aromatic nitrogens is 9. The number of terminal acetylenes is 1. The van der Waals surface area contributed by atoms with Crippen LogP contribution in [0.3, 0.4) is 0 Å². The van der Waals surface area contributed by atoms with E-state index in [9.17, 15) is 39.3 Å². The fourth-order valence-corrected chi connectivity index (χ4v) is 23.9. The van der Waals surface area contributed by atoms with Gasteiger partial charge in [0.2, 0.25) is 0 Å². The zero-order valence-electron chi connectivity index (χ0n) is 79.3. The van der Waals surface area contributed by atoms with E-state index in [1.807, 2.05) is 26.0 Å². The fourth-order valence-electron chi connectivity index (χ4n) is 12.7. The van der Waals surface area contributed by atoms with Gasteiger partial charge >= 0.3 is 36.6 Å². The fraction of sp³-hybridized carbons (Fsp3) is 0.548. The Hall–Kier alpha value is -10.3. The molecule has 0 saturated carbocycles. The highest BCUT2D eigenvalue weighted by Crippen LogP contribution is 2.43. The normalized spacial score (nSPS) is 12.1. The highest BCUT2D eigenvalue weighted by atomic mass is 127. The molecule has 0 aliphatic heterocycles. The van der Waals surface area contributed by atoms with Crippen molar-refractivity contribution in [3.63, 3.8) is 0 Å². The molecule has 124 heavy (non-hydrogen) atoms. The zero-order chi connectivity index (χ0) is 95.6. The molecule has 668 valence electrons. The van der Waals surface area contributed by atoms with E-state index in [1.54, 1.807) is 195 Å². The second-order valence-electron chi connectivity index (χ2n) is 39.0. The third-order valence-corrected chi connectivity index (χ3v) is 32.2. The number of amides is 6. The average molecular weight is 1910 g/mol. The van der Waals surface area contributed by atoms with Gasteiger partial charge in [0.1, 0.15) is 54.4 Å². The molecule has 6 rings (SSSR count). The molecule has 0 N–H and O–H groups in total. The van der Waals surface area contributed by atoms with Gasteiger partial charge in [-0.15, -0.1) is 17.5 Å². The molecule has 0 saturated heterocycles. The van der Waals surface area contributed by atoms with E-state index in [4.69, 9.17) is 45.1 Å². The summed E-state index contributed by atoms with van der Waals surface area (Å²) >= 11 is 5.56. The third-order valence-electron chi connectivity index (χ3n) is 18.6. The zero-order valence-corrected chi connectivity index (χ0v) is 85.1. The van der Waals surface area contributed by atoms with E-state index >= 15 is 0 Å². The average Bonchev–Trinajstić information content (AvgIpc) is 0.473. The Morgan fingerprint density at radius 2 is 0.621 bits per heavy atom. The molecular weight excluding hydrogens is 1780 g/mol. The number of halogens is 2. The highest BCUT2D eigenvalue weighted by molar-refractivity contribution is 14.1. The van der Waals surface area contributed by atoms with Crippen molar-refractivity contribution in [2.45, 2.75) is 332 Å². The maximum atomic E-state index is 13.6. The summed E-state index contributed by atoms with van der Waals surface area (Å²) in [6.07, 6.45) is 9.15. The molecule has 6 aromatic heterocycles. The Balaban J connectivity index is 0.000000452. The van der Waals surface area contributed by atoms with Gasteiger partial charge in [0.05, 0.1) is 81.5 Å². The van der Waals surface area contributed by atoms with Gasteiger partial charge < -0.3 is 28.4 Å². The summed E-state index contributed by atoms with van der Waals surface area (Å²) in [5.74, 6) is 8.60. The Bertz CT molecular complexity index is 5000. The van der Waals surface area contributed by atoms with E-state index in [0.29, 0.717) is 76.7 Å². The van der Waals surface area contributed by atoms with Crippen LogP contribution in [0.15, 0.2) is 78.2 Å². The lowest BCUT2D eigenvalue weighted by atomic mass is 9.90. The molecule has 0 atom stereocenters. The first kappa shape index (κ1) is 108. The predicted octanol–water partition coefficient (Wildman–Crippen LogP) is 23.6. The van der Waals surface area contributed by atoms with Crippen molar-refractivity contribution < 1.29 is 57.2 Å². The number of nitriles is 3. The Morgan fingerprint density at radius 3 is 0.871 bits per heavy atom. The molecular formula is C93H127BrIN15O12Si2. The van der Waals surface area contributed by atoms with E-state index in [1.165, 1.54) is 18.6 Å². The van der Waals surface area contributed by atoms with Crippen LogP contribution in [0.4, 0.5) is 46.2 Å². The number of hydrogen-bond donors (Lipinski definition) is 0. The summed E-state index contributed by atoms with van der Waals surface area (Å²) in [7, 11) is -4.37. The van der Waals surface area contributed by atoms with Gasteiger partial charge in [0, 0.05) is 33.3 Å². The molecule has 6 amide bonds. The van der Waals surface area contributed by atoms with Gasteiger partial charge in [-0.3, -0.25) is 15.0 Å². The summed E-state index contributed by atoms with van der Waals surface area (Å²) in [6.45, 7) is 67.9. The van der Waals surface area contributed by atoms with E-state index in [2.05, 4.69) is 209 Å². The van der Waals surface area contributed by atoms with Crippen molar-refractivity contribution >= 4 is 109 Å². The summed E-state index contributed by atoms with van der Waals surface area (Å²) < 4.78 is 34.6. The second-order valence-corrected chi connectivity index (χ2v) is 52.2. The van der Waals surface area contributed by atoms with Gasteiger partial charge in [-0.1, -0.05) is 89.0 Å². The van der Waals surface area contributed by atoms with Crippen LogP contribution in [-0.2, 0) is 44.7 Å². The van der Waals surface area contributed by atoms with Gasteiger partial charge in [-0.2, -0.15) is 30.5 Å². The molecule has 0 unspecified atom stereocenters. The van der Waals surface area contributed by atoms with Crippen molar-refractivity contribution in [3.05, 3.63) is 116 Å². The lowest BCUT2D eigenvalue weighted by Crippen LogP contribution is -2.45. The Morgan fingerprint density at radius 1 is 0.379 bits per heavy atom. The van der Waals surface area contributed by atoms with Crippen LogP contribution in [0.25, 0.3) is 22.5 Å².